The van der Waals surface area contributed by atoms with Gasteiger partial charge in [0.1, 0.15) is 5.75 Å². The number of hydrogen-bond acceptors (Lipinski definition) is 3. The van der Waals surface area contributed by atoms with Gasteiger partial charge in [0.15, 0.2) is 0 Å². The van der Waals surface area contributed by atoms with E-state index in [0.29, 0.717) is 31.2 Å². The van der Waals surface area contributed by atoms with Crippen molar-refractivity contribution in [2.75, 3.05) is 13.2 Å². The predicted octanol–water partition coefficient (Wildman–Crippen LogP) is 3.29. The Balaban J connectivity index is 1.93. The van der Waals surface area contributed by atoms with E-state index in [1.165, 1.54) is 5.56 Å². The van der Waals surface area contributed by atoms with Crippen LogP contribution < -0.4 is 10.1 Å². The highest BCUT2D eigenvalue weighted by atomic mass is 16.5. The van der Waals surface area contributed by atoms with Crippen molar-refractivity contribution >= 4 is 0 Å². The van der Waals surface area contributed by atoms with Crippen LogP contribution in [0.2, 0.25) is 0 Å². The first-order valence-corrected chi connectivity index (χ1v) is 7.83. The second kappa shape index (κ2) is 7.65. The zero-order valence-electron chi connectivity index (χ0n) is 12.6. The van der Waals surface area contributed by atoms with Gasteiger partial charge in [-0.25, -0.2) is 0 Å². The summed E-state index contributed by atoms with van der Waals surface area (Å²) in [7, 11) is 0. The number of nitrogens with one attached hydrogen (secondary N) is 1. The molecular weight excluding hydrogens is 250 g/mol. The van der Waals surface area contributed by atoms with E-state index >= 15 is 0 Å². The maximum atomic E-state index is 9.20. The number of para-hydroxylation sites is 1. The van der Waals surface area contributed by atoms with Crippen LogP contribution in [0.4, 0.5) is 0 Å². The Labute approximate surface area is 122 Å². The Morgan fingerprint density at radius 2 is 1.95 bits per heavy atom. The minimum absolute atomic E-state index is 0.299. The molecule has 0 heterocycles. The fourth-order valence-electron chi connectivity index (χ4n) is 3.08. The molecule has 1 aromatic carbocycles. The number of benzene rings is 1. The lowest BCUT2D eigenvalue weighted by Crippen LogP contribution is -2.35. The summed E-state index contributed by atoms with van der Waals surface area (Å²) in [5.41, 5.74) is 1.23. The molecule has 3 heteroatoms. The van der Waals surface area contributed by atoms with Gasteiger partial charge in [0, 0.05) is 24.3 Å². The van der Waals surface area contributed by atoms with Crippen molar-refractivity contribution in [3.05, 3.63) is 29.8 Å². The van der Waals surface area contributed by atoms with E-state index in [4.69, 9.17) is 4.74 Å². The molecule has 1 atom stereocenters. The van der Waals surface area contributed by atoms with Gasteiger partial charge in [-0.05, 0) is 51.5 Å². The van der Waals surface area contributed by atoms with Gasteiger partial charge in [0.2, 0.25) is 0 Å². The van der Waals surface area contributed by atoms with E-state index in [9.17, 15) is 5.11 Å². The Hall–Kier alpha value is -1.06. The van der Waals surface area contributed by atoms with Crippen LogP contribution in [0, 0.1) is 5.92 Å². The van der Waals surface area contributed by atoms with Gasteiger partial charge in [-0.15, -0.1) is 0 Å². The van der Waals surface area contributed by atoms with Crippen LogP contribution in [0.5, 0.6) is 5.75 Å². The predicted molar refractivity (Wildman–Crippen MR) is 82.0 cm³/mol. The molecule has 1 aromatic rings. The van der Waals surface area contributed by atoms with Crippen LogP contribution in [0.25, 0.3) is 0 Å². The Morgan fingerprint density at radius 3 is 2.60 bits per heavy atom. The summed E-state index contributed by atoms with van der Waals surface area (Å²) in [6, 6.07) is 9.13. The molecule has 1 saturated carbocycles. The monoisotopic (exact) mass is 277 g/mol. The maximum Gasteiger partial charge on any atom is 0.124 e. The van der Waals surface area contributed by atoms with Crippen LogP contribution >= 0.6 is 0 Å². The number of rotatable bonds is 6. The summed E-state index contributed by atoms with van der Waals surface area (Å²) in [6.07, 6.45) is 4.58. The lowest BCUT2D eigenvalue weighted by molar-refractivity contribution is 0.172. The van der Waals surface area contributed by atoms with Crippen LogP contribution in [0.3, 0.4) is 0 Å². The third-order valence-corrected chi connectivity index (χ3v) is 4.28. The van der Waals surface area contributed by atoms with Gasteiger partial charge in [0.25, 0.3) is 0 Å². The van der Waals surface area contributed by atoms with Crippen molar-refractivity contribution in [1.29, 1.82) is 0 Å². The van der Waals surface area contributed by atoms with E-state index in [1.54, 1.807) is 0 Å². The van der Waals surface area contributed by atoms with E-state index < -0.39 is 0 Å². The van der Waals surface area contributed by atoms with Gasteiger partial charge in [-0.1, -0.05) is 18.2 Å². The molecule has 112 valence electrons. The molecular formula is C17H27NO2. The van der Waals surface area contributed by atoms with Gasteiger partial charge in [-0.3, -0.25) is 0 Å². The lowest BCUT2D eigenvalue weighted by atomic mass is 9.86. The highest BCUT2D eigenvalue weighted by Gasteiger charge is 2.22. The SMILES string of the molecule is CCOc1ccccc1C(C)NC1CCC(CO)CC1. The molecule has 0 aromatic heterocycles. The minimum Gasteiger partial charge on any atom is -0.494 e. The Morgan fingerprint density at radius 1 is 1.25 bits per heavy atom. The Bertz CT molecular complexity index is 400. The maximum absolute atomic E-state index is 9.20. The van der Waals surface area contributed by atoms with Gasteiger partial charge < -0.3 is 15.2 Å². The third-order valence-electron chi connectivity index (χ3n) is 4.28. The first-order valence-electron chi connectivity index (χ1n) is 7.83. The first kappa shape index (κ1) is 15.3. The van der Waals surface area contributed by atoms with Gasteiger partial charge in [-0.2, -0.15) is 0 Å². The van der Waals surface area contributed by atoms with Crippen LogP contribution in [0.1, 0.15) is 51.1 Å². The van der Waals surface area contributed by atoms with E-state index in [-0.39, 0.29) is 0 Å². The quantitative estimate of drug-likeness (QED) is 0.838. The topological polar surface area (TPSA) is 41.5 Å². The average Bonchev–Trinajstić information content (AvgIpc) is 2.49. The molecule has 20 heavy (non-hydrogen) atoms. The minimum atomic E-state index is 0.299. The van der Waals surface area contributed by atoms with Crippen LogP contribution in [-0.2, 0) is 0 Å². The summed E-state index contributed by atoms with van der Waals surface area (Å²) >= 11 is 0. The second-order valence-electron chi connectivity index (χ2n) is 5.76. The van der Waals surface area contributed by atoms with Crippen molar-refractivity contribution in [2.24, 2.45) is 5.92 Å². The summed E-state index contributed by atoms with van der Waals surface area (Å²) < 4.78 is 5.71. The molecule has 2 N–H and O–H groups in total. The zero-order valence-corrected chi connectivity index (χ0v) is 12.6. The van der Waals surface area contributed by atoms with Crippen molar-refractivity contribution in [2.45, 2.75) is 51.6 Å². The number of ether oxygens (including phenoxy) is 1. The van der Waals surface area contributed by atoms with Crippen molar-refractivity contribution in [3.63, 3.8) is 0 Å². The summed E-state index contributed by atoms with van der Waals surface area (Å²) in [5.74, 6) is 1.50. The van der Waals surface area contributed by atoms with Crippen LogP contribution in [-0.4, -0.2) is 24.4 Å². The molecule has 0 bridgehead atoms. The lowest BCUT2D eigenvalue weighted by Gasteiger charge is -2.31. The van der Waals surface area contributed by atoms with E-state index in [2.05, 4.69) is 24.4 Å². The molecule has 0 aliphatic heterocycles. The molecule has 3 nitrogen and oxygen atoms in total. The molecule has 2 rings (SSSR count). The highest BCUT2D eigenvalue weighted by Crippen LogP contribution is 2.29. The number of aliphatic hydroxyl groups is 1. The number of hydrogen-bond donors (Lipinski definition) is 2. The largest absolute Gasteiger partial charge is 0.494 e. The standard InChI is InChI=1S/C17H27NO2/c1-3-20-17-7-5-4-6-16(17)13(2)18-15-10-8-14(12-19)9-11-15/h4-7,13-15,18-19H,3,8-12H2,1-2H3. The highest BCUT2D eigenvalue weighted by molar-refractivity contribution is 5.35. The van der Waals surface area contributed by atoms with Crippen LogP contribution in [0.15, 0.2) is 24.3 Å². The summed E-state index contributed by atoms with van der Waals surface area (Å²) in [6.45, 7) is 5.27. The molecule has 1 unspecified atom stereocenters. The first-order chi connectivity index (χ1) is 9.74. The fourth-order valence-corrected chi connectivity index (χ4v) is 3.08. The third kappa shape index (κ3) is 3.97. The summed E-state index contributed by atoms with van der Waals surface area (Å²) in [5, 5.41) is 12.9. The number of aliphatic hydroxyl groups excluding tert-OH is 1. The Kier molecular flexibility index (Phi) is 5.86. The molecule has 0 amide bonds. The zero-order chi connectivity index (χ0) is 14.4. The summed E-state index contributed by atoms with van der Waals surface area (Å²) in [4.78, 5) is 0. The van der Waals surface area contributed by atoms with E-state index in [1.807, 2.05) is 19.1 Å². The molecule has 0 saturated heterocycles. The molecule has 0 radical (unpaired) electrons. The normalized spacial score (nSPS) is 24.4. The van der Waals surface area contributed by atoms with Crippen molar-refractivity contribution < 1.29 is 9.84 Å². The van der Waals surface area contributed by atoms with Gasteiger partial charge >= 0.3 is 0 Å². The fraction of sp³-hybridized carbons (Fsp3) is 0.647. The molecule has 1 fully saturated rings. The second-order valence-corrected chi connectivity index (χ2v) is 5.76. The van der Waals surface area contributed by atoms with Gasteiger partial charge in [0.05, 0.1) is 6.61 Å². The van der Waals surface area contributed by atoms with Crippen molar-refractivity contribution in [1.82, 2.24) is 5.32 Å². The smallest absolute Gasteiger partial charge is 0.124 e. The average molecular weight is 277 g/mol. The molecule has 0 spiro atoms. The molecule has 1 aliphatic carbocycles. The van der Waals surface area contributed by atoms with E-state index in [0.717, 1.165) is 31.4 Å². The van der Waals surface area contributed by atoms with Crippen molar-refractivity contribution in [3.8, 4) is 5.75 Å². The molecule has 1 aliphatic rings.